The Hall–Kier alpha value is -3.01. The van der Waals surface area contributed by atoms with E-state index in [1.807, 2.05) is 42.2 Å². The summed E-state index contributed by atoms with van der Waals surface area (Å²) in [5.74, 6) is 0.782. The van der Waals surface area contributed by atoms with Gasteiger partial charge in [0.2, 0.25) is 5.91 Å². The molecule has 4 rings (SSSR count). The molecule has 0 spiro atoms. The van der Waals surface area contributed by atoms with E-state index in [0.717, 1.165) is 55.4 Å². The van der Waals surface area contributed by atoms with Crippen molar-refractivity contribution < 1.29 is 9.53 Å². The van der Waals surface area contributed by atoms with Crippen LogP contribution in [0.15, 0.2) is 42.9 Å². The lowest BCUT2D eigenvalue weighted by Gasteiger charge is -2.35. The number of aromatic nitrogens is 4. The minimum absolute atomic E-state index is 0. The molecule has 2 aromatic heterocycles. The first kappa shape index (κ1) is 25.6. The molecule has 1 amide bonds. The topological polar surface area (TPSA) is 88.4 Å². The van der Waals surface area contributed by atoms with Gasteiger partial charge in [-0.25, -0.2) is 4.98 Å². The van der Waals surface area contributed by atoms with Crippen molar-refractivity contribution in [1.29, 1.82) is 0 Å². The first-order valence-electron chi connectivity index (χ1n) is 11.2. The summed E-state index contributed by atoms with van der Waals surface area (Å²) in [6.07, 6.45) is 5.46. The van der Waals surface area contributed by atoms with Gasteiger partial charge < -0.3 is 15.0 Å². The third kappa shape index (κ3) is 6.11. The van der Waals surface area contributed by atoms with E-state index in [9.17, 15) is 4.79 Å². The molecular formula is C24H32ClN7O2. The van der Waals surface area contributed by atoms with Gasteiger partial charge in [-0.05, 0) is 12.5 Å². The molecule has 10 heteroatoms. The summed E-state index contributed by atoms with van der Waals surface area (Å²) < 4.78 is 7.37. The normalized spacial score (nSPS) is 14.0. The molecule has 0 radical (unpaired) electrons. The second-order valence-electron chi connectivity index (χ2n) is 8.23. The highest BCUT2D eigenvalue weighted by Crippen LogP contribution is 2.28. The molecule has 182 valence electrons. The van der Waals surface area contributed by atoms with Gasteiger partial charge in [0.15, 0.2) is 5.82 Å². The molecule has 1 aromatic carbocycles. The van der Waals surface area contributed by atoms with Crippen LogP contribution in [-0.2, 0) is 29.7 Å². The first-order chi connectivity index (χ1) is 16.0. The Kier molecular flexibility index (Phi) is 8.98. The SMILES string of the molecule is CNC(=O)COCc1ccc(-c2nccnc2N2CCN(Cc3cnn(C)c3C)CC2)cc1.Cl. The minimum Gasteiger partial charge on any atom is -0.367 e. The molecule has 1 aliphatic rings. The molecule has 1 fully saturated rings. The van der Waals surface area contributed by atoms with Gasteiger partial charge in [0, 0.05) is 76.0 Å². The number of amides is 1. The van der Waals surface area contributed by atoms with E-state index in [1.54, 1.807) is 19.4 Å². The second kappa shape index (κ2) is 11.9. The zero-order valence-corrected chi connectivity index (χ0v) is 20.7. The zero-order chi connectivity index (χ0) is 23.2. The largest absolute Gasteiger partial charge is 0.367 e. The number of carbonyl (C=O) groups excluding carboxylic acids is 1. The molecular weight excluding hydrogens is 454 g/mol. The molecule has 3 aromatic rings. The standard InChI is InChI=1S/C24H31N7O2.ClH/c1-18-21(14-28-29(18)3)15-30-10-12-31(13-11-30)24-23(26-8-9-27-24)20-6-4-19(5-7-20)16-33-17-22(32)25-2;/h4-9,14H,10-13,15-17H2,1-3H3,(H,25,32);1H. The molecule has 0 unspecified atom stereocenters. The molecule has 0 aliphatic carbocycles. The van der Waals surface area contributed by atoms with Crippen LogP contribution in [0.25, 0.3) is 11.3 Å². The summed E-state index contributed by atoms with van der Waals surface area (Å²) in [5, 5.41) is 6.91. The third-order valence-corrected chi connectivity index (χ3v) is 6.09. The Morgan fingerprint density at radius 1 is 1.09 bits per heavy atom. The van der Waals surface area contributed by atoms with E-state index < -0.39 is 0 Å². The summed E-state index contributed by atoms with van der Waals surface area (Å²) in [4.78, 5) is 25.4. The monoisotopic (exact) mass is 485 g/mol. The highest BCUT2D eigenvalue weighted by atomic mass is 35.5. The fraction of sp³-hybridized carbons (Fsp3) is 0.417. The summed E-state index contributed by atoms with van der Waals surface area (Å²) in [6.45, 7) is 7.21. The first-order valence-corrected chi connectivity index (χ1v) is 11.2. The number of nitrogens with one attached hydrogen (secondary N) is 1. The van der Waals surface area contributed by atoms with E-state index in [4.69, 9.17) is 4.74 Å². The lowest BCUT2D eigenvalue weighted by atomic mass is 10.1. The Morgan fingerprint density at radius 3 is 2.44 bits per heavy atom. The van der Waals surface area contributed by atoms with Crippen molar-refractivity contribution in [3.63, 3.8) is 0 Å². The summed E-state index contributed by atoms with van der Waals surface area (Å²) in [6, 6.07) is 8.08. The number of ether oxygens (including phenoxy) is 1. The van der Waals surface area contributed by atoms with Gasteiger partial charge in [-0.3, -0.25) is 19.4 Å². The maximum atomic E-state index is 11.3. The number of piperazine rings is 1. The number of hydrogen-bond donors (Lipinski definition) is 1. The Labute approximate surface area is 206 Å². The van der Waals surface area contributed by atoms with Crippen molar-refractivity contribution in [2.75, 3.05) is 44.7 Å². The maximum absolute atomic E-state index is 11.3. The van der Waals surface area contributed by atoms with E-state index in [2.05, 4.69) is 37.1 Å². The van der Waals surface area contributed by atoms with Gasteiger partial charge >= 0.3 is 0 Å². The number of rotatable bonds is 8. The lowest BCUT2D eigenvalue weighted by Crippen LogP contribution is -2.46. The second-order valence-corrected chi connectivity index (χ2v) is 8.23. The Bertz CT molecular complexity index is 1080. The van der Waals surface area contributed by atoms with Crippen LogP contribution in [0, 0.1) is 6.92 Å². The predicted octanol–water partition coefficient (Wildman–Crippen LogP) is 2.19. The minimum atomic E-state index is -0.133. The number of anilines is 1. The van der Waals surface area contributed by atoms with Crippen LogP contribution in [-0.4, -0.2) is 70.4 Å². The molecule has 1 N–H and O–H groups in total. The predicted molar refractivity (Wildman–Crippen MR) is 134 cm³/mol. The van der Waals surface area contributed by atoms with Gasteiger partial charge in [-0.2, -0.15) is 5.10 Å². The van der Waals surface area contributed by atoms with Crippen molar-refractivity contribution in [1.82, 2.24) is 30.0 Å². The van der Waals surface area contributed by atoms with Gasteiger partial charge in [0.1, 0.15) is 12.3 Å². The van der Waals surface area contributed by atoms with Crippen molar-refractivity contribution in [3.05, 3.63) is 59.7 Å². The average molecular weight is 486 g/mol. The number of aryl methyl sites for hydroxylation is 1. The van der Waals surface area contributed by atoms with Gasteiger partial charge in [0.25, 0.3) is 0 Å². The quantitative estimate of drug-likeness (QED) is 0.523. The molecule has 1 saturated heterocycles. The van der Waals surface area contributed by atoms with Crippen molar-refractivity contribution >= 4 is 24.1 Å². The molecule has 0 bridgehead atoms. The number of hydrogen-bond acceptors (Lipinski definition) is 7. The smallest absolute Gasteiger partial charge is 0.245 e. The summed E-state index contributed by atoms with van der Waals surface area (Å²) in [7, 11) is 3.58. The molecule has 0 atom stereocenters. The highest BCUT2D eigenvalue weighted by molar-refractivity contribution is 5.85. The highest BCUT2D eigenvalue weighted by Gasteiger charge is 2.22. The molecule has 3 heterocycles. The fourth-order valence-electron chi connectivity index (χ4n) is 3.92. The van der Waals surface area contributed by atoms with Gasteiger partial charge in [-0.15, -0.1) is 12.4 Å². The van der Waals surface area contributed by atoms with E-state index in [0.29, 0.717) is 6.61 Å². The van der Waals surface area contributed by atoms with Crippen LogP contribution in [0.1, 0.15) is 16.8 Å². The van der Waals surface area contributed by atoms with Gasteiger partial charge in [-0.1, -0.05) is 24.3 Å². The van der Waals surface area contributed by atoms with E-state index >= 15 is 0 Å². The maximum Gasteiger partial charge on any atom is 0.245 e. The lowest BCUT2D eigenvalue weighted by molar-refractivity contribution is -0.125. The molecule has 0 saturated carbocycles. The molecule has 9 nitrogen and oxygen atoms in total. The van der Waals surface area contributed by atoms with Crippen LogP contribution in [0.2, 0.25) is 0 Å². The van der Waals surface area contributed by atoms with Crippen molar-refractivity contribution in [2.24, 2.45) is 7.05 Å². The third-order valence-electron chi connectivity index (χ3n) is 6.09. The molecule has 1 aliphatic heterocycles. The molecule has 34 heavy (non-hydrogen) atoms. The van der Waals surface area contributed by atoms with E-state index in [-0.39, 0.29) is 24.9 Å². The van der Waals surface area contributed by atoms with Crippen molar-refractivity contribution in [3.8, 4) is 11.3 Å². The van der Waals surface area contributed by atoms with Crippen LogP contribution < -0.4 is 10.2 Å². The Balaban J connectivity index is 0.00000324. The Morgan fingerprint density at radius 2 is 1.79 bits per heavy atom. The fourth-order valence-corrected chi connectivity index (χ4v) is 3.92. The van der Waals surface area contributed by atoms with Gasteiger partial charge in [0.05, 0.1) is 12.8 Å². The van der Waals surface area contributed by atoms with E-state index in [1.165, 1.54) is 11.3 Å². The number of likely N-dealkylation sites (N-methyl/N-ethyl adjacent to an activating group) is 1. The number of nitrogens with zero attached hydrogens (tertiary/aromatic N) is 6. The average Bonchev–Trinajstić information content (AvgIpc) is 3.17. The zero-order valence-electron chi connectivity index (χ0n) is 19.9. The summed E-state index contributed by atoms with van der Waals surface area (Å²) >= 11 is 0. The van der Waals surface area contributed by atoms with Crippen LogP contribution in [0.3, 0.4) is 0 Å². The van der Waals surface area contributed by atoms with Crippen LogP contribution in [0.5, 0.6) is 0 Å². The number of carbonyl (C=O) groups is 1. The number of benzene rings is 1. The van der Waals surface area contributed by atoms with Crippen LogP contribution >= 0.6 is 12.4 Å². The summed E-state index contributed by atoms with van der Waals surface area (Å²) in [5.41, 5.74) is 5.41. The number of halogens is 1. The van der Waals surface area contributed by atoms with Crippen molar-refractivity contribution in [2.45, 2.75) is 20.1 Å². The van der Waals surface area contributed by atoms with Crippen LogP contribution in [0.4, 0.5) is 5.82 Å².